The van der Waals surface area contributed by atoms with E-state index in [1.54, 1.807) is 9.80 Å². The fourth-order valence-electron chi connectivity index (χ4n) is 3.73. The van der Waals surface area contributed by atoms with Gasteiger partial charge in [0.1, 0.15) is 6.04 Å². The first-order valence-corrected chi connectivity index (χ1v) is 11.4. The Morgan fingerprint density at radius 3 is 1.53 bits per heavy atom. The number of ether oxygens (including phenoxy) is 4. The molecule has 0 amide bonds. The SMILES string of the molecule is O=C(O)CN1CCOCCN(CC(=O)O)CCOCCN(C2CCC(=O)OC2=O)CCOCC1. The molecular formula is C21H35N3O10. The number of carboxylic acid groups (broad SMARTS) is 2. The fourth-order valence-corrected chi connectivity index (χ4v) is 3.73. The lowest BCUT2D eigenvalue weighted by atomic mass is 10.1. The van der Waals surface area contributed by atoms with Gasteiger partial charge in [0.15, 0.2) is 0 Å². The molecule has 2 heterocycles. The lowest BCUT2D eigenvalue weighted by Crippen LogP contribution is -2.48. The quantitative estimate of drug-likeness (QED) is 0.335. The maximum atomic E-state index is 12.2. The average Bonchev–Trinajstić information content (AvgIpc) is 2.75. The molecule has 2 saturated heterocycles. The first-order valence-electron chi connectivity index (χ1n) is 11.4. The van der Waals surface area contributed by atoms with E-state index in [0.717, 1.165) is 0 Å². The third-order valence-corrected chi connectivity index (χ3v) is 5.52. The normalized spacial score (nSPS) is 24.6. The van der Waals surface area contributed by atoms with E-state index in [1.807, 2.05) is 4.90 Å². The molecule has 0 radical (unpaired) electrons. The van der Waals surface area contributed by atoms with Crippen LogP contribution in [0.25, 0.3) is 0 Å². The molecule has 1 atom stereocenters. The minimum Gasteiger partial charge on any atom is -0.480 e. The molecule has 0 aromatic carbocycles. The van der Waals surface area contributed by atoms with Crippen LogP contribution in [-0.2, 0) is 38.1 Å². The van der Waals surface area contributed by atoms with Crippen molar-refractivity contribution in [1.82, 2.24) is 14.7 Å². The topological polar surface area (TPSA) is 155 Å². The summed E-state index contributed by atoms with van der Waals surface area (Å²) >= 11 is 0. The molecular weight excluding hydrogens is 454 g/mol. The molecule has 13 nitrogen and oxygen atoms in total. The summed E-state index contributed by atoms with van der Waals surface area (Å²) in [5, 5.41) is 18.3. The number of cyclic esters (lactones) is 2. The van der Waals surface area contributed by atoms with Crippen molar-refractivity contribution in [3.63, 3.8) is 0 Å². The molecule has 2 aliphatic heterocycles. The van der Waals surface area contributed by atoms with Gasteiger partial charge in [0.2, 0.25) is 0 Å². The highest BCUT2D eigenvalue weighted by Gasteiger charge is 2.33. The van der Waals surface area contributed by atoms with Gasteiger partial charge in [-0.15, -0.1) is 0 Å². The number of carbonyl (C=O) groups excluding carboxylic acids is 2. The van der Waals surface area contributed by atoms with Crippen LogP contribution in [0.5, 0.6) is 0 Å². The Morgan fingerprint density at radius 2 is 1.15 bits per heavy atom. The van der Waals surface area contributed by atoms with E-state index in [4.69, 9.17) is 29.2 Å². The highest BCUT2D eigenvalue weighted by atomic mass is 16.6. The molecule has 13 heteroatoms. The van der Waals surface area contributed by atoms with Crippen LogP contribution in [0.3, 0.4) is 0 Å². The van der Waals surface area contributed by atoms with Crippen LogP contribution in [0.2, 0.25) is 0 Å². The number of carboxylic acids is 2. The Morgan fingerprint density at radius 1 is 0.735 bits per heavy atom. The lowest BCUT2D eigenvalue weighted by molar-refractivity contribution is -0.169. The molecule has 2 N–H and O–H groups in total. The molecule has 2 aliphatic rings. The molecule has 0 aromatic rings. The molecule has 194 valence electrons. The summed E-state index contributed by atoms with van der Waals surface area (Å²) in [6.07, 6.45) is 0.515. The molecule has 0 saturated carbocycles. The zero-order chi connectivity index (χ0) is 24.8. The van der Waals surface area contributed by atoms with Crippen LogP contribution < -0.4 is 0 Å². The van der Waals surface area contributed by atoms with Crippen molar-refractivity contribution in [2.75, 3.05) is 92.0 Å². The summed E-state index contributed by atoms with van der Waals surface area (Å²) in [7, 11) is 0. The lowest BCUT2D eigenvalue weighted by Gasteiger charge is -2.32. The van der Waals surface area contributed by atoms with Gasteiger partial charge in [0.05, 0.1) is 52.7 Å². The van der Waals surface area contributed by atoms with Gasteiger partial charge in [-0.05, 0) is 6.42 Å². The molecule has 2 fully saturated rings. The summed E-state index contributed by atoms with van der Waals surface area (Å²) < 4.78 is 21.7. The Kier molecular flexibility index (Phi) is 13.0. The summed E-state index contributed by atoms with van der Waals surface area (Å²) in [5.74, 6) is -3.02. The highest BCUT2D eigenvalue weighted by Crippen LogP contribution is 2.15. The van der Waals surface area contributed by atoms with Gasteiger partial charge in [-0.3, -0.25) is 29.1 Å². The number of carbonyl (C=O) groups is 4. The van der Waals surface area contributed by atoms with Crippen molar-refractivity contribution in [1.29, 1.82) is 0 Å². The zero-order valence-electron chi connectivity index (χ0n) is 19.4. The number of nitrogens with zero attached hydrogens (tertiary/aromatic N) is 3. The van der Waals surface area contributed by atoms with E-state index >= 15 is 0 Å². The van der Waals surface area contributed by atoms with Crippen LogP contribution in [-0.4, -0.2) is 147 Å². The summed E-state index contributed by atoms with van der Waals surface area (Å²) in [6.45, 7) is 3.92. The average molecular weight is 490 g/mol. The van der Waals surface area contributed by atoms with Gasteiger partial charge in [-0.1, -0.05) is 0 Å². The molecule has 34 heavy (non-hydrogen) atoms. The zero-order valence-corrected chi connectivity index (χ0v) is 19.4. The molecule has 2 rings (SSSR count). The van der Waals surface area contributed by atoms with Gasteiger partial charge in [-0.2, -0.15) is 0 Å². The van der Waals surface area contributed by atoms with E-state index in [-0.39, 0.29) is 19.5 Å². The van der Waals surface area contributed by atoms with Crippen LogP contribution >= 0.6 is 0 Å². The maximum absolute atomic E-state index is 12.2. The van der Waals surface area contributed by atoms with E-state index in [9.17, 15) is 19.2 Å². The summed E-state index contributed by atoms with van der Waals surface area (Å²) in [5.41, 5.74) is 0. The van der Waals surface area contributed by atoms with Gasteiger partial charge in [-0.25, -0.2) is 4.79 Å². The Balaban J connectivity index is 1.97. The van der Waals surface area contributed by atoms with Crippen molar-refractivity contribution in [3.8, 4) is 0 Å². The minimum absolute atomic E-state index is 0.150. The van der Waals surface area contributed by atoms with E-state index in [0.29, 0.717) is 85.3 Å². The predicted molar refractivity (Wildman–Crippen MR) is 116 cm³/mol. The van der Waals surface area contributed by atoms with Crippen molar-refractivity contribution < 1.29 is 48.3 Å². The first kappa shape index (κ1) is 28.1. The van der Waals surface area contributed by atoms with Crippen molar-refractivity contribution in [3.05, 3.63) is 0 Å². The van der Waals surface area contributed by atoms with Crippen LogP contribution in [0, 0.1) is 0 Å². The molecule has 0 aliphatic carbocycles. The molecule has 0 spiro atoms. The number of aliphatic carboxylic acids is 2. The monoisotopic (exact) mass is 489 g/mol. The molecule has 1 unspecified atom stereocenters. The first-order chi connectivity index (χ1) is 16.3. The van der Waals surface area contributed by atoms with Gasteiger partial charge in [0, 0.05) is 45.7 Å². The van der Waals surface area contributed by atoms with Crippen molar-refractivity contribution in [2.24, 2.45) is 0 Å². The fraction of sp³-hybridized carbons (Fsp3) is 0.810. The molecule has 0 aromatic heterocycles. The van der Waals surface area contributed by atoms with Gasteiger partial charge < -0.3 is 29.2 Å². The van der Waals surface area contributed by atoms with Crippen LogP contribution in [0.15, 0.2) is 0 Å². The Hall–Kier alpha value is -2.16. The third-order valence-electron chi connectivity index (χ3n) is 5.52. The van der Waals surface area contributed by atoms with Crippen molar-refractivity contribution >= 4 is 23.9 Å². The number of rotatable bonds is 5. The highest BCUT2D eigenvalue weighted by molar-refractivity contribution is 5.91. The summed E-state index contributed by atoms with van der Waals surface area (Å²) in [6, 6.07) is -0.570. The second kappa shape index (κ2) is 15.7. The minimum atomic E-state index is -0.952. The third kappa shape index (κ3) is 11.3. The smallest absolute Gasteiger partial charge is 0.331 e. The predicted octanol–water partition coefficient (Wildman–Crippen LogP) is -1.64. The second-order valence-electron chi connectivity index (χ2n) is 8.06. The summed E-state index contributed by atoms with van der Waals surface area (Å²) in [4.78, 5) is 51.2. The maximum Gasteiger partial charge on any atom is 0.331 e. The Labute approximate surface area is 198 Å². The standard InChI is InChI=1S/C21H35N3O10/c25-18(26)15-22-3-9-31-10-4-23(16-19(27)28)6-12-33-14-8-24(7-13-32-11-5-22)17-1-2-20(29)34-21(17)30/h17H,1-16H2,(H,25,26)(H,27,28). The van der Waals surface area contributed by atoms with E-state index in [1.165, 1.54) is 0 Å². The van der Waals surface area contributed by atoms with E-state index in [2.05, 4.69) is 0 Å². The largest absolute Gasteiger partial charge is 0.480 e. The van der Waals surface area contributed by atoms with Gasteiger partial charge in [0.25, 0.3) is 0 Å². The van der Waals surface area contributed by atoms with Crippen LogP contribution in [0.4, 0.5) is 0 Å². The van der Waals surface area contributed by atoms with Crippen LogP contribution in [0.1, 0.15) is 12.8 Å². The van der Waals surface area contributed by atoms with Crippen molar-refractivity contribution in [2.45, 2.75) is 18.9 Å². The van der Waals surface area contributed by atoms with E-state index < -0.39 is 29.9 Å². The van der Waals surface area contributed by atoms with Gasteiger partial charge >= 0.3 is 23.9 Å². The number of hydrogen-bond acceptors (Lipinski definition) is 11. The number of hydrogen-bond donors (Lipinski definition) is 2. The second-order valence-corrected chi connectivity index (χ2v) is 8.06. The number of esters is 2. The molecule has 0 bridgehead atoms. The Bertz CT molecular complexity index is 641.